The maximum absolute atomic E-state index is 12.6. The molecule has 1 aromatic rings. The van der Waals surface area contributed by atoms with Crippen LogP contribution in [0, 0.1) is 0 Å². The number of ether oxygens (including phenoxy) is 1. The number of halogens is 4. The van der Waals surface area contributed by atoms with Crippen molar-refractivity contribution in [2.75, 3.05) is 0 Å². The van der Waals surface area contributed by atoms with Gasteiger partial charge in [0.2, 0.25) is 0 Å². The highest BCUT2D eigenvalue weighted by Gasteiger charge is 2.43. The van der Waals surface area contributed by atoms with Gasteiger partial charge in [-0.2, -0.15) is 17.6 Å². The minimum atomic E-state index is -4.44. The van der Waals surface area contributed by atoms with Crippen LogP contribution in [0.5, 0.6) is 5.75 Å². The first-order valence-corrected chi connectivity index (χ1v) is 6.39. The van der Waals surface area contributed by atoms with E-state index >= 15 is 0 Å². The summed E-state index contributed by atoms with van der Waals surface area (Å²) in [5.41, 5.74) is 0.990. The van der Waals surface area contributed by atoms with Gasteiger partial charge in [0.15, 0.2) is 0 Å². The molecule has 1 nitrogen and oxygen atoms in total. The second kappa shape index (κ2) is 7.36. The van der Waals surface area contributed by atoms with E-state index in [0.29, 0.717) is 0 Å². The Morgan fingerprint density at radius 2 is 1.68 bits per heavy atom. The topological polar surface area (TPSA) is 9.23 Å². The quantitative estimate of drug-likeness (QED) is 0.478. The number of hydrogen-bond donors (Lipinski definition) is 0. The summed E-state index contributed by atoms with van der Waals surface area (Å²) in [6.45, 7) is 2.12. The maximum atomic E-state index is 12.6. The van der Waals surface area contributed by atoms with Crippen LogP contribution in [0.15, 0.2) is 24.3 Å². The normalized spacial score (nSPS) is 11.9. The molecule has 0 aliphatic rings. The van der Waals surface area contributed by atoms with Crippen molar-refractivity contribution in [1.29, 1.82) is 0 Å². The zero-order chi connectivity index (χ0) is 14.3. The van der Waals surface area contributed by atoms with Crippen molar-refractivity contribution in [2.45, 2.75) is 51.6 Å². The van der Waals surface area contributed by atoms with E-state index in [9.17, 15) is 17.6 Å². The Hall–Kier alpha value is -1.26. The fourth-order valence-electron chi connectivity index (χ4n) is 1.68. The number of hydrogen-bond acceptors (Lipinski definition) is 1. The minimum absolute atomic E-state index is 0.248. The number of benzene rings is 1. The standard InChI is InChI=1S/C14H18F4O/c1-2-3-4-5-6-11-7-9-12(10-8-11)19-14(17,18)13(15)16/h7-10,13H,2-6H2,1H3. The Kier molecular flexibility index (Phi) is 6.12. The summed E-state index contributed by atoms with van der Waals surface area (Å²) in [6.07, 6.45) is -2.95. The van der Waals surface area contributed by atoms with E-state index < -0.39 is 12.5 Å². The van der Waals surface area contributed by atoms with Crippen molar-refractivity contribution in [3.63, 3.8) is 0 Å². The molecule has 108 valence electrons. The number of unbranched alkanes of at least 4 members (excludes halogenated alkanes) is 3. The van der Waals surface area contributed by atoms with Gasteiger partial charge in [-0.05, 0) is 30.5 Å². The third kappa shape index (κ3) is 5.49. The maximum Gasteiger partial charge on any atom is 0.461 e. The molecule has 0 aromatic heterocycles. The fourth-order valence-corrected chi connectivity index (χ4v) is 1.68. The Morgan fingerprint density at radius 1 is 1.05 bits per heavy atom. The van der Waals surface area contributed by atoms with E-state index in [1.807, 2.05) is 0 Å². The highest BCUT2D eigenvalue weighted by atomic mass is 19.3. The smallest absolute Gasteiger partial charge is 0.428 e. The van der Waals surface area contributed by atoms with Gasteiger partial charge in [-0.25, -0.2) is 0 Å². The van der Waals surface area contributed by atoms with E-state index in [1.165, 1.54) is 18.6 Å². The van der Waals surface area contributed by atoms with E-state index in [4.69, 9.17) is 0 Å². The minimum Gasteiger partial charge on any atom is -0.428 e. The first-order valence-electron chi connectivity index (χ1n) is 6.39. The van der Waals surface area contributed by atoms with Crippen LogP contribution in [0.4, 0.5) is 17.6 Å². The van der Waals surface area contributed by atoms with Crippen molar-refractivity contribution < 1.29 is 22.3 Å². The van der Waals surface area contributed by atoms with Gasteiger partial charge < -0.3 is 4.74 Å². The number of alkyl halides is 4. The lowest BCUT2D eigenvalue weighted by Gasteiger charge is -2.16. The van der Waals surface area contributed by atoms with Crippen LogP contribution < -0.4 is 4.74 Å². The molecule has 0 amide bonds. The van der Waals surface area contributed by atoms with Crippen molar-refractivity contribution in [3.8, 4) is 5.75 Å². The molecule has 0 heterocycles. The molecule has 0 saturated heterocycles. The lowest BCUT2D eigenvalue weighted by Crippen LogP contribution is -2.33. The van der Waals surface area contributed by atoms with Crippen molar-refractivity contribution in [2.24, 2.45) is 0 Å². The molecule has 0 atom stereocenters. The number of rotatable bonds is 8. The van der Waals surface area contributed by atoms with Gasteiger partial charge in [0, 0.05) is 0 Å². The molecule has 0 N–H and O–H groups in total. The van der Waals surface area contributed by atoms with E-state index in [0.717, 1.165) is 31.2 Å². The molecule has 0 radical (unpaired) electrons. The Labute approximate surface area is 110 Å². The summed E-state index contributed by atoms with van der Waals surface area (Å²) in [7, 11) is 0. The van der Waals surface area contributed by atoms with Crippen LogP contribution in [0.3, 0.4) is 0 Å². The van der Waals surface area contributed by atoms with E-state index in [1.54, 1.807) is 12.1 Å². The van der Waals surface area contributed by atoms with Crippen molar-refractivity contribution in [3.05, 3.63) is 29.8 Å². The second-order valence-electron chi connectivity index (χ2n) is 4.42. The highest BCUT2D eigenvalue weighted by molar-refractivity contribution is 5.27. The van der Waals surface area contributed by atoms with Gasteiger partial charge in [0.05, 0.1) is 0 Å². The average Bonchev–Trinajstić information content (AvgIpc) is 2.36. The van der Waals surface area contributed by atoms with Gasteiger partial charge >= 0.3 is 12.5 Å². The Bertz CT molecular complexity index is 362. The Morgan fingerprint density at radius 3 is 2.21 bits per heavy atom. The summed E-state index contributed by atoms with van der Waals surface area (Å²) in [4.78, 5) is 0. The molecule has 0 bridgehead atoms. The second-order valence-corrected chi connectivity index (χ2v) is 4.42. The van der Waals surface area contributed by atoms with Crippen molar-refractivity contribution in [1.82, 2.24) is 0 Å². The van der Waals surface area contributed by atoms with Gasteiger partial charge in [-0.3, -0.25) is 0 Å². The third-order valence-corrected chi connectivity index (χ3v) is 2.75. The first kappa shape index (κ1) is 15.8. The molecule has 0 spiro atoms. The van der Waals surface area contributed by atoms with Crippen LogP contribution in [0.25, 0.3) is 0 Å². The fraction of sp³-hybridized carbons (Fsp3) is 0.571. The number of aryl methyl sites for hydroxylation is 1. The van der Waals surface area contributed by atoms with Crippen LogP contribution in [0.1, 0.15) is 38.2 Å². The SMILES string of the molecule is CCCCCCc1ccc(OC(F)(F)C(F)F)cc1. The molecule has 19 heavy (non-hydrogen) atoms. The molecule has 5 heteroatoms. The predicted octanol–water partition coefficient (Wildman–Crippen LogP) is 5.05. The van der Waals surface area contributed by atoms with Gasteiger partial charge in [0.25, 0.3) is 0 Å². The van der Waals surface area contributed by atoms with Crippen molar-refractivity contribution >= 4 is 0 Å². The van der Waals surface area contributed by atoms with Gasteiger partial charge in [0.1, 0.15) is 5.75 Å². The molecule has 1 aromatic carbocycles. The summed E-state index contributed by atoms with van der Waals surface area (Å²) >= 11 is 0. The monoisotopic (exact) mass is 278 g/mol. The Balaban J connectivity index is 2.47. The molecule has 0 aliphatic heterocycles. The third-order valence-electron chi connectivity index (χ3n) is 2.75. The summed E-state index contributed by atoms with van der Waals surface area (Å²) in [5.74, 6) is -0.248. The van der Waals surface area contributed by atoms with Gasteiger partial charge in [-0.15, -0.1) is 0 Å². The summed E-state index contributed by atoms with van der Waals surface area (Å²) < 4.78 is 53.2. The zero-order valence-electron chi connectivity index (χ0n) is 10.8. The molecule has 1 rings (SSSR count). The largest absolute Gasteiger partial charge is 0.461 e. The van der Waals surface area contributed by atoms with Crippen LogP contribution in [-0.2, 0) is 6.42 Å². The molecular weight excluding hydrogens is 260 g/mol. The molecule has 0 fully saturated rings. The highest BCUT2D eigenvalue weighted by Crippen LogP contribution is 2.27. The summed E-state index contributed by atoms with van der Waals surface area (Å²) in [5, 5.41) is 0. The van der Waals surface area contributed by atoms with Crippen LogP contribution >= 0.6 is 0 Å². The molecule has 0 aliphatic carbocycles. The average molecular weight is 278 g/mol. The molecule has 0 unspecified atom stereocenters. The lowest BCUT2D eigenvalue weighted by molar-refractivity contribution is -0.253. The lowest BCUT2D eigenvalue weighted by atomic mass is 10.1. The summed E-state index contributed by atoms with van der Waals surface area (Å²) in [6, 6.07) is 5.85. The molecule has 0 saturated carbocycles. The van der Waals surface area contributed by atoms with E-state index in [-0.39, 0.29) is 5.75 Å². The predicted molar refractivity (Wildman–Crippen MR) is 65.9 cm³/mol. The zero-order valence-corrected chi connectivity index (χ0v) is 10.8. The van der Waals surface area contributed by atoms with Crippen LogP contribution in [0.2, 0.25) is 0 Å². The van der Waals surface area contributed by atoms with E-state index in [2.05, 4.69) is 11.7 Å². The van der Waals surface area contributed by atoms with Gasteiger partial charge in [-0.1, -0.05) is 38.3 Å². The van der Waals surface area contributed by atoms with Crippen LogP contribution in [-0.4, -0.2) is 12.5 Å². The molecular formula is C14H18F4O. The first-order chi connectivity index (χ1) is 8.95.